The minimum atomic E-state index is 0. The lowest BCUT2D eigenvalue weighted by Crippen LogP contribution is -2.04. The van der Waals surface area contributed by atoms with Crippen LogP contribution in [0.5, 0.6) is 0 Å². The highest BCUT2D eigenvalue weighted by molar-refractivity contribution is 5.85. The van der Waals surface area contributed by atoms with Crippen LogP contribution >= 0.6 is 12.4 Å². The van der Waals surface area contributed by atoms with Crippen LogP contribution in [0.3, 0.4) is 0 Å². The van der Waals surface area contributed by atoms with E-state index in [2.05, 4.69) is 36.4 Å². The number of hydrogen-bond acceptors (Lipinski definition) is 1. The second kappa shape index (κ2) is 5.69. The van der Waals surface area contributed by atoms with Crippen LogP contribution in [0.25, 0.3) is 11.1 Å². The summed E-state index contributed by atoms with van der Waals surface area (Å²) in [5.74, 6) is 0. The number of benzene rings is 2. The molecular weight excluding hydrogens is 218 g/mol. The number of nitrogens with two attached hydrogens (primary N) is 1. The van der Waals surface area contributed by atoms with Crippen LogP contribution in [0.1, 0.15) is 18.5 Å². The van der Waals surface area contributed by atoms with E-state index in [4.69, 9.17) is 5.73 Å². The summed E-state index contributed by atoms with van der Waals surface area (Å²) in [6, 6.07) is 18.8. The van der Waals surface area contributed by atoms with Crippen molar-refractivity contribution in [2.45, 2.75) is 13.0 Å². The van der Waals surface area contributed by atoms with Gasteiger partial charge in [-0.2, -0.15) is 0 Å². The Morgan fingerprint density at radius 3 is 2.12 bits per heavy atom. The summed E-state index contributed by atoms with van der Waals surface area (Å²) in [5.41, 5.74) is 9.50. The second-order valence-corrected chi connectivity index (χ2v) is 3.78. The Bertz CT molecular complexity index is 437. The van der Waals surface area contributed by atoms with Gasteiger partial charge in [-0.05, 0) is 29.7 Å². The van der Waals surface area contributed by atoms with Gasteiger partial charge in [-0.3, -0.25) is 0 Å². The van der Waals surface area contributed by atoms with Crippen LogP contribution < -0.4 is 5.73 Å². The standard InChI is InChI=1S/C14H15N.ClH/c1-11(15)13-8-5-9-14(10-13)12-6-3-2-4-7-12;/h2-11H,15H2,1H3;1H/t11-;/m0./s1. The van der Waals surface area contributed by atoms with Crippen molar-refractivity contribution in [2.24, 2.45) is 5.73 Å². The minimum absolute atomic E-state index is 0. The third-order valence-corrected chi connectivity index (χ3v) is 2.52. The van der Waals surface area contributed by atoms with Gasteiger partial charge in [-0.25, -0.2) is 0 Å². The topological polar surface area (TPSA) is 26.0 Å². The van der Waals surface area contributed by atoms with E-state index in [9.17, 15) is 0 Å². The molecule has 0 aromatic heterocycles. The second-order valence-electron chi connectivity index (χ2n) is 3.78. The first kappa shape index (κ1) is 12.8. The van der Waals surface area contributed by atoms with Crippen LogP contribution in [0.2, 0.25) is 0 Å². The van der Waals surface area contributed by atoms with Crippen molar-refractivity contribution in [3.63, 3.8) is 0 Å². The first-order chi connectivity index (χ1) is 7.27. The van der Waals surface area contributed by atoms with Gasteiger partial charge < -0.3 is 5.73 Å². The van der Waals surface area contributed by atoms with Crippen LogP contribution in [-0.2, 0) is 0 Å². The fourth-order valence-electron chi connectivity index (χ4n) is 1.63. The van der Waals surface area contributed by atoms with Crippen molar-refractivity contribution in [2.75, 3.05) is 0 Å². The smallest absolute Gasteiger partial charge is 0.0266 e. The molecule has 0 radical (unpaired) electrons. The first-order valence-electron chi connectivity index (χ1n) is 5.18. The Balaban J connectivity index is 0.00000128. The SMILES string of the molecule is C[C@H](N)c1cccc(-c2ccccc2)c1.Cl. The monoisotopic (exact) mass is 233 g/mol. The third kappa shape index (κ3) is 2.84. The van der Waals surface area contributed by atoms with Gasteiger partial charge in [0.15, 0.2) is 0 Å². The number of hydrogen-bond donors (Lipinski definition) is 1. The van der Waals surface area contributed by atoms with Gasteiger partial charge in [-0.15, -0.1) is 12.4 Å². The van der Waals surface area contributed by atoms with Gasteiger partial charge in [0.25, 0.3) is 0 Å². The molecule has 2 aromatic carbocycles. The first-order valence-corrected chi connectivity index (χ1v) is 5.18. The molecule has 0 amide bonds. The Kier molecular flexibility index (Phi) is 4.53. The number of halogens is 1. The van der Waals surface area contributed by atoms with Crippen LogP contribution in [-0.4, -0.2) is 0 Å². The minimum Gasteiger partial charge on any atom is -0.324 e. The van der Waals surface area contributed by atoms with E-state index in [1.54, 1.807) is 0 Å². The van der Waals surface area contributed by atoms with Crippen LogP contribution in [0.4, 0.5) is 0 Å². The predicted octanol–water partition coefficient (Wildman–Crippen LogP) is 3.80. The summed E-state index contributed by atoms with van der Waals surface area (Å²) in [4.78, 5) is 0. The van der Waals surface area contributed by atoms with Crippen LogP contribution in [0, 0.1) is 0 Å². The van der Waals surface area contributed by atoms with Crippen molar-refractivity contribution in [3.05, 3.63) is 60.2 Å². The lowest BCUT2D eigenvalue weighted by molar-refractivity contribution is 0.819. The van der Waals surface area contributed by atoms with E-state index in [0.717, 1.165) is 0 Å². The van der Waals surface area contributed by atoms with Crippen molar-refractivity contribution >= 4 is 12.4 Å². The molecule has 1 atom stereocenters. The molecule has 0 bridgehead atoms. The van der Waals surface area contributed by atoms with Crippen LogP contribution in [0.15, 0.2) is 54.6 Å². The zero-order valence-electron chi connectivity index (χ0n) is 9.26. The van der Waals surface area contributed by atoms with E-state index in [-0.39, 0.29) is 18.4 Å². The van der Waals surface area contributed by atoms with Gasteiger partial charge in [-0.1, -0.05) is 48.5 Å². The average Bonchev–Trinajstić information content (AvgIpc) is 2.30. The fraction of sp³-hybridized carbons (Fsp3) is 0.143. The van der Waals surface area contributed by atoms with E-state index in [1.165, 1.54) is 16.7 Å². The molecule has 0 fully saturated rings. The van der Waals surface area contributed by atoms with E-state index in [0.29, 0.717) is 0 Å². The Hall–Kier alpha value is -1.31. The molecule has 0 aliphatic carbocycles. The highest BCUT2D eigenvalue weighted by atomic mass is 35.5. The summed E-state index contributed by atoms with van der Waals surface area (Å²) in [6.45, 7) is 2.00. The normalized spacial score (nSPS) is 11.6. The van der Waals surface area contributed by atoms with Gasteiger partial charge in [0.05, 0.1) is 0 Å². The van der Waals surface area contributed by atoms with Crippen molar-refractivity contribution in [1.82, 2.24) is 0 Å². The predicted molar refractivity (Wildman–Crippen MR) is 71.7 cm³/mol. The molecule has 2 N–H and O–H groups in total. The Morgan fingerprint density at radius 2 is 1.50 bits per heavy atom. The number of rotatable bonds is 2. The molecule has 2 aromatic rings. The zero-order valence-corrected chi connectivity index (χ0v) is 10.1. The maximum atomic E-state index is 5.86. The molecule has 84 valence electrons. The molecule has 2 rings (SSSR count). The van der Waals surface area contributed by atoms with E-state index in [1.807, 2.05) is 25.1 Å². The molecule has 0 aliphatic heterocycles. The molecule has 0 heterocycles. The third-order valence-electron chi connectivity index (χ3n) is 2.52. The molecule has 16 heavy (non-hydrogen) atoms. The molecular formula is C14H16ClN. The molecule has 1 nitrogen and oxygen atoms in total. The molecule has 0 spiro atoms. The molecule has 2 heteroatoms. The van der Waals surface area contributed by atoms with E-state index >= 15 is 0 Å². The highest BCUT2D eigenvalue weighted by Crippen LogP contribution is 2.21. The summed E-state index contributed by atoms with van der Waals surface area (Å²) < 4.78 is 0. The Morgan fingerprint density at radius 1 is 0.875 bits per heavy atom. The lowest BCUT2D eigenvalue weighted by atomic mass is 10.0. The van der Waals surface area contributed by atoms with Crippen molar-refractivity contribution < 1.29 is 0 Å². The fourth-order valence-corrected chi connectivity index (χ4v) is 1.63. The van der Waals surface area contributed by atoms with Gasteiger partial charge in [0, 0.05) is 6.04 Å². The summed E-state index contributed by atoms with van der Waals surface area (Å²) in [5, 5.41) is 0. The molecule has 0 aliphatic rings. The van der Waals surface area contributed by atoms with Gasteiger partial charge >= 0.3 is 0 Å². The summed E-state index contributed by atoms with van der Waals surface area (Å²) in [7, 11) is 0. The van der Waals surface area contributed by atoms with Crippen molar-refractivity contribution in [1.29, 1.82) is 0 Å². The molecule has 0 saturated carbocycles. The molecule has 0 saturated heterocycles. The van der Waals surface area contributed by atoms with Crippen molar-refractivity contribution in [3.8, 4) is 11.1 Å². The maximum absolute atomic E-state index is 5.86. The lowest BCUT2D eigenvalue weighted by Gasteiger charge is -2.08. The molecule has 0 unspecified atom stereocenters. The summed E-state index contributed by atoms with van der Waals surface area (Å²) in [6.07, 6.45) is 0. The Labute approximate surface area is 103 Å². The maximum Gasteiger partial charge on any atom is 0.0266 e. The summed E-state index contributed by atoms with van der Waals surface area (Å²) >= 11 is 0. The van der Waals surface area contributed by atoms with Gasteiger partial charge in [0.1, 0.15) is 0 Å². The zero-order chi connectivity index (χ0) is 10.7. The average molecular weight is 234 g/mol. The van der Waals surface area contributed by atoms with E-state index < -0.39 is 0 Å². The van der Waals surface area contributed by atoms with Gasteiger partial charge in [0.2, 0.25) is 0 Å². The highest BCUT2D eigenvalue weighted by Gasteiger charge is 2.01. The quantitative estimate of drug-likeness (QED) is 0.839. The largest absolute Gasteiger partial charge is 0.324 e.